The van der Waals surface area contributed by atoms with Crippen LogP contribution in [0.4, 0.5) is 22.7 Å². The Hall–Kier alpha value is -4.72. The normalized spacial score (nSPS) is 29.2. The second-order valence-corrected chi connectivity index (χ2v) is 13.0. The van der Waals surface area contributed by atoms with Gasteiger partial charge in [-0.1, -0.05) is 65.7 Å². The zero-order valence-corrected chi connectivity index (χ0v) is 25.0. The van der Waals surface area contributed by atoms with E-state index in [1.165, 1.54) is 9.80 Å². The summed E-state index contributed by atoms with van der Waals surface area (Å²) in [5.41, 5.74) is 2.78. The Labute approximate surface area is 268 Å². The fourth-order valence-corrected chi connectivity index (χ4v) is 9.04. The number of carbonyl (C=O) groups excluding carboxylic acids is 4. The minimum absolute atomic E-state index is 0.375. The Morgan fingerprint density at radius 1 is 0.533 bits per heavy atom. The number of nitrogens with zero attached hydrogens (tertiary/aromatic N) is 3. The number of rotatable bonds is 3. The second kappa shape index (κ2) is 9.16. The predicted octanol–water partition coefficient (Wildman–Crippen LogP) is 6.52. The SMILES string of the molecule is O=C1[C@@H]2C3C=C4c5ccccc5N(c5ccccc5)C4([C@@H]2C(=O)N1c1ccc(Cl)cc1)[C@H]1C(=O)N(c2ccc(Cl)cc2)C(=O)[C@@H]31. The van der Waals surface area contributed by atoms with Gasteiger partial charge in [-0.15, -0.1) is 0 Å². The van der Waals surface area contributed by atoms with Crippen molar-refractivity contribution in [3.05, 3.63) is 125 Å². The van der Waals surface area contributed by atoms with Gasteiger partial charge in [0.25, 0.3) is 0 Å². The van der Waals surface area contributed by atoms with Crippen molar-refractivity contribution in [3.8, 4) is 0 Å². The van der Waals surface area contributed by atoms with E-state index in [1.54, 1.807) is 48.5 Å². The lowest BCUT2D eigenvalue weighted by Gasteiger charge is -2.57. The van der Waals surface area contributed by atoms with E-state index in [0.717, 1.165) is 22.5 Å². The molecule has 3 fully saturated rings. The Balaban J connectivity index is 1.32. The highest BCUT2D eigenvalue weighted by Gasteiger charge is 2.80. The summed E-state index contributed by atoms with van der Waals surface area (Å²) < 4.78 is 0. The monoisotopic (exact) mass is 631 g/mol. The van der Waals surface area contributed by atoms with E-state index >= 15 is 0 Å². The van der Waals surface area contributed by atoms with Crippen LogP contribution in [0, 0.1) is 29.6 Å². The molecule has 4 aromatic carbocycles. The molecule has 6 aliphatic rings. The second-order valence-electron chi connectivity index (χ2n) is 12.2. The van der Waals surface area contributed by atoms with Crippen LogP contribution in [0.3, 0.4) is 0 Å². The lowest BCUT2D eigenvalue weighted by molar-refractivity contribution is -0.138. The minimum atomic E-state index is -1.34. The first-order valence-corrected chi connectivity index (χ1v) is 15.5. The molecule has 45 heavy (non-hydrogen) atoms. The van der Waals surface area contributed by atoms with Crippen LogP contribution in [-0.2, 0) is 19.2 Å². The van der Waals surface area contributed by atoms with Crippen molar-refractivity contribution in [2.24, 2.45) is 29.6 Å². The standard InChI is InChI=1S/C36H23Cl2N3O4/c37-19-10-14-21(15-11-19)39-32(42)28-25-18-26-24-8-4-5-9-27(24)41(23-6-2-1-3-7-23)36(26,30(28)34(39)44)31-29(25)33(43)40(35(31)45)22-16-12-20(38)13-17-22/h1-18,25,28-31H/t25?,28-,29+,30+,31-,36?. The van der Waals surface area contributed by atoms with Crippen molar-refractivity contribution in [3.63, 3.8) is 0 Å². The number of benzene rings is 4. The molecule has 6 atom stereocenters. The molecule has 2 saturated heterocycles. The molecule has 0 N–H and O–H groups in total. The smallest absolute Gasteiger partial charge is 0.240 e. The lowest BCUT2D eigenvalue weighted by Crippen LogP contribution is -2.68. The van der Waals surface area contributed by atoms with Gasteiger partial charge in [-0.25, -0.2) is 9.80 Å². The number of halogens is 2. The van der Waals surface area contributed by atoms with Gasteiger partial charge >= 0.3 is 0 Å². The predicted molar refractivity (Wildman–Crippen MR) is 171 cm³/mol. The molecule has 3 aliphatic heterocycles. The molecule has 7 nitrogen and oxygen atoms in total. The maximum absolute atomic E-state index is 14.9. The first-order chi connectivity index (χ1) is 21.8. The summed E-state index contributed by atoms with van der Waals surface area (Å²) in [4.78, 5) is 63.2. The third kappa shape index (κ3) is 3.22. The molecule has 9 heteroatoms. The van der Waals surface area contributed by atoms with Crippen molar-refractivity contribution in [1.82, 2.24) is 0 Å². The zero-order valence-electron chi connectivity index (χ0n) is 23.5. The van der Waals surface area contributed by atoms with Gasteiger partial charge in [0.15, 0.2) is 0 Å². The fourth-order valence-electron chi connectivity index (χ4n) is 8.79. The summed E-state index contributed by atoms with van der Waals surface area (Å²) in [6, 6.07) is 30.6. The van der Waals surface area contributed by atoms with Gasteiger partial charge in [0.05, 0.1) is 40.6 Å². The molecule has 4 amide bonds. The first-order valence-electron chi connectivity index (χ1n) is 14.8. The van der Waals surface area contributed by atoms with Crippen LogP contribution in [0.5, 0.6) is 0 Å². The number of carbonyl (C=O) groups is 4. The fraction of sp³-hybridized carbons (Fsp3) is 0.167. The maximum atomic E-state index is 14.9. The van der Waals surface area contributed by atoms with Crippen LogP contribution in [0.1, 0.15) is 5.56 Å². The Morgan fingerprint density at radius 3 is 1.56 bits per heavy atom. The first kappa shape index (κ1) is 26.7. The molecule has 2 bridgehead atoms. The number of fused-ring (bicyclic) bond motifs is 1. The third-order valence-electron chi connectivity index (χ3n) is 10.3. The molecular formula is C36H23Cl2N3O4. The van der Waals surface area contributed by atoms with E-state index in [2.05, 4.69) is 4.90 Å². The van der Waals surface area contributed by atoms with Gasteiger partial charge in [0.2, 0.25) is 23.6 Å². The minimum Gasteiger partial charge on any atom is -0.329 e. The number of para-hydroxylation sites is 2. The van der Waals surface area contributed by atoms with Crippen molar-refractivity contribution < 1.29 is 19.2 Å². The van der Waals surface area contributed by atoms with E-state index in [-0.39, 0.29) is 23.6 Å². The molecule has 3 heterocycles. The summed E-state index contributed by atoms with van der Waals surface area (Å²) in [6.07, 6.45) is 2.01. The van der Waals surface area contributed by atoms with Crippen LogP contribution in [0.2, 0.25) is 10.0 Å². The lowest BCUT2D eigenvalue weighted by atomic mass is 9.47. The van der Waals surface area contributed by atoms with Crippen molar-refractivity contribution in [2.45, 2.75) is 5.54 Å². The maximum Gasteiger partial charge on any atom is 0.240 e. The number of hydrogen-bond donors (Lipinski definition) is 0. The van der Waals surface area contributed by atoms with E-state index in [1.807, 2.05) is 60.7 Å². The Morgan fingerprint density at radius 2 is 1.02 bits per heavy atom. The molecule has 1 spiro atoms. The summed E-state index contributed by atoms with van der Waals surface area (Å²) in [5.74, 6) is -5.74. The van der Waals surface area contributed by atoms with E-state index < -0.39 is 35.1 Å². The molecule has 4 aromatic rings. The van der Waals surface area contributed by atoms with Gasteiger partial charge < -0.3 is 4.90 Å². The summed E-state index contributed by atoms with van der Waals surface area (Å²) in [5, 5.41) is 0.958. The molecule has 1 saturated carbocycles. The number of imide groups is 2. The van der Waals surface area contributed by atoms with E-state index in [4.69, 9.17) is 23.2 Å². The average Bonchev–Trinajstić information content (AvgIpc) is 3.62. The molecule has 220 valence electrons. The summed E-state index contributed by atoms with van der Waals surface area (Å²) in [6.45, 7) is 0. The highest BCUT2D eigenvalue weighted by atomic mass is 35.5. The van der Waals surface area contributed by atoms with E-state index in [0.29, 0.717) is 21.4 Å². The molecule has 0 aromatic heterocycles. The molecule has 0 radical (unpaired) electrons. The molecule has 10 rings (SSSR count). The average molecular weight is 633 g/mol. The number of hydrogen-bond acceptors (Lipinski definition) is 5. The quantitative estimate of drug-likeness (QED) is 0.241. The van der Waals surface area contributed by atoms with Crippen molar-refractivity contribution in [2.75, 3.05) is 14.7 Å². The third-order valence-corrected chi connectivity index (χ3v) is 10.8. The van der Waals surface area contributed by atoms with E-state index in [9.17, 15) is 19.2 Å². The molecule has 3 aliphatic carbocycles. The topological polar surface area (TPSA) is 78.0 Å². The Bertz CT molecular complexity index is 1920. The highest BCUT2D eigenvalue weighted by Crippen LogP contribution is 2.71. The largest absolute Gasteiger partial charge is 0.329 e. The summed E-state index contributed by atoms with van der Waals surface area (Å²) >= 11 is 12.3. The van der Waals surface area contributed by atoms with Crippen LogP contribution in [-0.4, -0.2) is 29.2 Å². The van der Waals surface area contributed by atoms with Gasteiger partial charge in [0.1, 0.15) is 0 Å². The molecule has 2 unspecified atom stereocenters. The van der Waals surface area contributed by atoms with Crippen LogP contribution < -0.4 is 14.7 Å². The number of anilines is 4. The highest BCUT2D eigenvalue weighted by molar-refractivity contribution is 6.32. The van der Waals surface area contributed by atoms with Crippen LogP contribution >= 0.6 is 23.2 Å². The van der Waals surface area contributed by atoms with Gasteiger partial charge in [-0.3, -0.25) is 19.2 Å². The van der Waals surface area contributed by atoms with Crippen LogP contribution in [0.25, 0.3) is 5.57 Å². The van der Waals surface area contributed by atoms with Gasteiger partial charge in [-0.05, 0) is 72.3 Å². The summed E-state index contributed by atoms with van der Waals surface area (Å²) in [7, 11) is 0. The van der Waals surface area contributed by atoms with Gasteiger partial charge in [-0.2, -0.15) is 0 Å². The Kier molecular flexibility index (Phi) is 5.43. The van der Waals surface area contributed by atoms with Crippen molar-refractivity contribution >= 4 is 75.2 Å². The van der Waals surface area contributed by atoms with Crippen LogP contribution in [0.15, 0.2) is 109 Å². The van der Waals surface area contributed by atoms with Gasteiger partial charge in [0, 0.05) is 32.9 Å². The number of allylic oxidation sites excluding steroid dienone is 1. The molecular weight excluding hydrogens is 609 g/mol. The van der Waals surface area contributed by atoms with Crippen molar-refractivity contribution in [1.29, 1.82) is 0 Å². The zero-order chi connectivity index (χ0) is 30.8. The number of amides is 4.